The average molecular weight is 246 g/mol. The molecule has 1 N–H and O–H groups in total. The van der Waals surface area contributed by atoms with Gasteiger partial charge in [0.25, 0.3) is 0 Å². The highest BCUT2D eigenvalue weighted by molar-refractivity contribution is 5.92. The fraction of sp³-hybridized carbons (Fsp3) is 0.429. The Kier molecular flexibility index (Phi) is 4.47. The molecule has 0 aromatic heterocycles. The Labute approximate surface area is 107 Å². The number of nitrogens with one attached hydrogen (secondary N) is 1. The predicted octanol–water partition coefficient (Wildman–Crippen LogP) is 1.54. The molecule has 0 radical (unpaired) electrons. The van der Waals surface area contributed by atoms with Crippen molar-refractivity contribution in [3.63, 3.8) is 0 Å². The first kappa shape index (κ1) is 12.8. The zero-order chi connectivity index (χ0) is 12.8. The lowest BCUT2D eigenvalue weighted by atomic mass is 10.00. The van der Waals surface area contributed by atoms with Crippen LogP contribution in [0.15, 0.2) is 30.3 Å². The van der Waals surface area contributed by atoms with Crippen LogP contribution in [0.4, 0.5) is 5.69 Å². The second-order valence-electron chi connectivity index (χ2n) is 4.69. The van der Waals surface area contributed by atoms with Gasteiger partial charge in [0.2, 0.25) is 5.91 Å². The summed E-state index contributed by atoms with van der Waals surface area (Å²) in [6.07, 6.45) is 2.93. The van der Waals surface area contributed by atoms with Crippen molar-refractivity contribution in [1.82, 2.24) is 4.90 Å². The molecule has 0 spiro atoms. The van der Waals surface area contributed by atoms with Gasteiger partial charge in [0.15, 0.2) is 0 Å². The molecule has 1 aromatic carbocycles. The summed E-state index contributed by atoms with van der Waals surface area (Å²) in [5.74, 6) is 0.0658. The van der Waals surface area contributed by atoms with Crippen LogP contribution in [0.5, 0.6) is 0 Å². The Hall–Kier alpha value is -1.68. The molecule has 1 fully saturated rings. The molecule has 0 aliphatic carbocycles. The predicted molar refractivity (Wildman–Crippen MR) is 70.3 cm³/mol. The minimum Gasteiger partial charge on any atom is -0.325 e. The number of aldehydes is 1. The Bertz CT molecular complexity index is 406. The maximum absolute atomic E-state index is 11.8. The third kappa shape index (κ3) is 3.67. The van der Waals surface area contributed by atoms with E-state index in [9.17, 15) is 9.59 Å². The SMILES string of the molecule is O=CC1CCCN(CC(=O)Nc2ccccc2)C1. The van der Waals surface area contributed by atoms with E-state index in [4.69, 9.17) is 0 Å². The van der Waals surface area contributed by atoms with E-state index in [1.165, 1.54) is 0 Å². The minimum atomic E-state index is -0.0206. The van der Waals surface area contributed by atoms with Crippen LogP contribution in [0, 0.1) is 5.92 Å². The van der Waals surface area contributed by atoms with Crippen molar-refractivity contribution in [2.45, 2.75) is 12.8 Å². The molecule has 1 saturated heterocycles. The highest BCUT2D eigenvalue weighted by Crippen LogP contribution is 2.14. The van der Waals surface area contributed by atoms with E-state index in [2.05, 4.69) is 5.32 Å². The fourth-order valence-electron chi connectivity index (χ4n) is 2.27. The van der Waals surface area contributed by atoms with Crippen LogP contribution in [0.25, 0.3) is 0 Å². The zero-order valence-electron chi connectivity index (χ0n) is 10.3. The molecule has 1 aliphatic heterocycles. The molecule has 96 valence electrons. The van der Waals surface area contributed by atoms with Gasteiger partial charge in [-0.15, -0.1) is 0 Å². The van der Waals surface area contributed by atoms with Gasteiger partial charge in [0, 0.05) is 18.2 Å². The number of benzene rings is 1. The second kappa shape index (κ2) is 6.31. The molecule has 2 rings (SSSR count). The van der Waals surface area contributed by atoms with Crippen LogP contribution in [-0.4, -0.2) is 36.7 Å². The van der Waals surface area contributed by atoms with Gasteiger partial charge in [-0.1, -0.05) is 18.2 Å². The van der Waals surface area contributed by atoms with Gasteiger partial charge in [-0.25, -0.2) is 0 Å². The summed E-state index contributed by atoms with van der Waals surface area (Å²) in [5.41, 5.74) is 0.812. The van der Waals surface area contributed by atoms with Crippen LogP contribution in [0.2, 0.25) is 0 Å². The molecule has 4 nitrogen and oxygen atoms in total. The zero-order valence-corrected chi connectivity index (χ0v) is 10.3. The summed E-state index contributed by atoms with van der Waals surface area (Å²) in [4.78, 5) is 24.6. The van der Waals surface area contributed by atoms with Gasteiger partial charge in [-0.3, -0.25) is 9.69 Å². The first-order valence-corrected chi connectivity index (χ1v) is 6.30. The standard InChI is InChI=1S/C14H18N2O2/c17-11-12-5-4-8-16(9-12)10-14(18)15-13-6-2-1-3-7-13/h1-3,6-7,11-12H,4-5,8-10H2,(H,15,18). The summed E-state index contributed by atoms with van der Waals surface area (Å²) in [6, 6.07) is 9.41. The number of para-hydroxylation sites is 1. The maximum Gasteiger partial charge on any atom is 0.238 e. The van der Waals surface area contributed by atoms with Gasteiger partial charge in [-0.05, 0) is 31.5 Å². The third-order valence-electron chi connectivity index (χ3n) is 3.16. The maximum atomic E-state index is 11.8. The Morgan fingerprint density at radius 1 is 1.39 bits per heavy atom. The summed E-state index contributed by atoms with van der Waals surface area (Å²) in [5, 5.41) is 2.85. The number of likely N-dealkylation sites (tertiary alicyclic amines) is 1. The molecule has 0 saturated carbocycles. The lowest BCUT2D eigenvalue weighted by Crippen LogP contribution is -2.40. The Morgan fingerprint density at radius 2 is 2.17 bits per heavy atom. The molecule has 1 atom stereocenters. The second-order valence-corrected chi connectivity index (χ2v) is 4.69. The highest BCUT2D eigenvalue weighted by Gasteiger charge is 2.20. The van der Waals surface area contributed by atoms with Gasteiger partial charge >= 0.3 is 0 Å². The van der Waals surface area contributed by atoms with Crippen molar-refractivity contribution in [3.05, 3.63) is 30.3 Å². The lowest BCUT2D eigenvalue weighted by Gasteiger charge is -2.29. The van der Waals surface area contributed by atoms with Crippen LogP contribution in [0.3, 0.4) is 0 Å². The average Bonchev–Trinajstić information content (AvgIpc) is 2.40. The van der Waals surface area contributed by atoms with E-state index < -0.39 is 0 Å². The number of nitrogens with zero attached hydrogens (tertiary/aromatic N) is 1. The van der Waals surface area contributed by atoms with E-state index in [0.29, 0.717) is 13.1 Å². The monoisotopic (exact) mass is 246 g/mol. The molecule has 1 unspecified atom stereocenters. The van der Waals surface area contributed by atoms with Crippen LogP contribution < -0.4 is 5.32 Å². The number of rotatable bonds is 4. The van der Waals surface area contributed by atoms with Crippen LogP contribution in [-0.2, 0) is 9.59 Å². The van der Waals surface area contributed by atoms with Crippen molar-refractivity contribution in [2.24, 2.45) is 5.92 Å². The van der Waals surface area contributed by atoms with Crippen molar-refractivity contribution < 1.29 is 9.59 Å². The highest BCUT2D eigenvalue weighted by atomic mass is 16.2. The first-order valence-electron chi connectivity index (χ1n) is 6.30. The van der Waals surface area contributed by atoms with Crippen molar-refractivity contribution in [1.29, 1.82) is 0 Å². The van der Waals surface area contributed by atoms with Gasteiger partial charge in [0.05, 0.1) is 6.54 Å². The largest absolute Gasteiger partial charge is 0.325 e. The molecular formula is C14H18N2O2. The Morgan fingerprint density at radius 3 is 2.89 bits per heavy atom. The number of hydrogen-bond donors (Lipinski definition) is 1. The van der Waals surface area contributed by atoms with E-state index in [0.717, 1.165) is 31.4 Å². The topological polar surface area (TPSA) is 49.4 Å². The van der Waals surface area contributed by atoms with Gasteiger partial charge < -0.3 is 10.1 Å². The van der Waals surface area contributed by atoms with Gasteiger partial charge in [-0.2, -0.15) is 0 Å². The molecule has 18 heavy (non-hydrogen) atoms. The molecule has 1 heterocycles. The molecular weight excluding hydrogens is 228 g/mol. The quantitative estimate of drug-likeness (QED) is 0.820. The molecule has 1 aromatic rings. The molecule has 1 amide bonds. The number of hydrogen-bond acceptors (Lipinski definition) is 3. The molecule has 4 heteroatoms. The van der Waals surface area contributed by atoms with Crippen molar-refractivity contribution >= 4 is 17.9 Å². The summed E-state index contributed by atoms with van der Waals surface area (Å²) < 4.78 is 0. The van der Waals surface area contributed by atoms with Gasteiger partial charge in [0.1, 0.15) is 6.29 Å². The van der Waals surface area contributed by atoms with Crippen molar-refractivity contribution in [2.75, 3.05) is 25.0 Å². The number of carbonyl (C=O) groups is 2. The number of carbonyl (C=O) groups excluding carboxylic acids is 2. The lowest BCUT2D eigenvalue weighted by molar-refractivity contribution is -0.119. The van der Waals surface area contributed by atoms with Crippen molar-refractivity contribution in [3.8, 4) is 0 Å². The first-order chi connectivity index (χ1) is 8.78. The van der Waals surface area contributed by atoms with Crippen LogP contribution >= 0.6 is 0 Å². The normalized spacial score (nSPS) is 20.3. The van der Waals surface area contributed by atoms with E-state index in [-0.39, 0.29) is 11.8 Å². The third-order valence-corrected chi connectivity index (χ3v) is 3.16. The number of piperidine rings is 1. The summed E-state index contributed by atoms with van der Waals surface area (Å²) in [6.45, 7) is 1.96. The smallest absolute Gasteiger partial charge is 0.238 e. The van der Waals surface area contributed by atoms with E-state index in [1.54, 1.807) is 0 Å². The van der Waals surface area contributed by atoms with E-state index >= 15 is 0 Å². The van der Waals surface area contributed by atoms with E-state index in [1.807, 2.05) is 35.2 Å². The Balaban J connectivity index is 1.82. The van der Waals surface area contributed by atoms with Crippen LogP contribution in [0.1, 0.15) is 12.8 Å². The number of amides is 1. The molecule has 1 aliphatic rings. The molecule has 0 bridgehead atoms. The minimum absolute atomic E-state index is 0.0206. The summed E-state index contributed by atoms with van der Waals surface area (Å²) in [7, 11) is 0. The summed E-state index contributed by atoms with van der Waals surface area (Å²) >= 11 is 0. The fourth-order valence-corrected chi connectivity index (χ4v) is 2.27. The number of anilines is 1.